The molecule has 1 aromatic rings. The fourth-order valence-electron chi connectivity index (χ4n) is 3.36. The van der Waals surface area contributed by atoms with Crippen LogP contribution < -0.4 is 10.2 Å². The molecule has 0 heterocycles. The van der Waals surface area contributed by atoms with Crippen LogP contribution in [-0.4, -0.2) is 24.0 Å². The first-order valence-corrected chi connectivity index (χ1v) is 11.7. The van der Waals surface area contributed by atoms with Crippen LogP contribution in [0.4, 0.5) is 0 Å². The molecule has 0 aromatic heterocycles. The van der Waals surface area contributed by atoms with Crippen LogP contribution in [0.15, 0.2) is 29.4 Å². The van der Waals surface area contributed by atoms with E-state index in [1.54, 1.807) is 0 Å². The van der Waals surface area contributed by atoms with E-state index in [2.05, 4.69) is 38.2 Å². The third-order valence-corrected chi connectivity index (χ3v) is 6.29. The van der Waals surface area contributed by atoms with E-state index in [1.807, 2.05) is 45.0 Å². The van der Waals surface area contributed by atoms with Crippen molar-refractivity contribution in [2.24, 2.45) is 22.4 Å². The Morgan fingerprint density at radius 1 is 1.13 bits per heavy atom. The van der Waals surface area contributed by atoms with Gasteiger partial charge in [0.25, 0.3) is 0 Å². The lowest BCUT2D eigenvalue weighted by molar-refractivity contribution is -0.124. The smallest absolute Gasteiger partial charge is 0.240 e. The average Bonchev–Trinajstić information content (AvgIpc) is 2.74. The van der Waals surface area contributed by atoms with Gasteiger partial charge in [0, 0.05) is 18.8 Å². The van der Waals surface area contributed by atoms with Crippen molar-refractivity contribution in [3.8, 4) is 5.75 Å². The van der Waals surface area contributed by atoms with Crippen molar-refractivity contribution >= 4 is 17.4 Å². The van der Waals surface area contributed by atoms with E-state index < -0.39 is 0 Å². The van der Waals surface area contributed by atoms with E-state index in [-0.39, 0.29) is 17.2 Å². The molecule has 1 rings (SSSR count). The van der Waals surface area contributed by atoms with Crippen LogP contribution in [0, 0.1) is 17.3 Å². The zero-order valence-electron chi connectivity index (χ0n) is 20.6. The second kappa shape index (κ2) is 13.3. The lowest BCUT2D eigenvalue weighted by Gasteiger charge is -2.30. The normalized spacial score (nSPS) is 14.1. The number of amides is 1. The van der Waals surface area contributed by atoms with Crippen LogP contribution in [0.5, 0.6) is 5.75 Å². The molecule has 1 amide bonds. The lowest BCUT2D eigenvalue weighted by Crippen LogP contribution is -2.30. The van der Waals surface area contributed by atoms with Gasteiger partial charge in [-0.3, -0.25) is 9.59 Å². The maximum Gasteiger partial charge on any atom is 0.240 e. The lowest BCUT2D eigenvalue weighted by atomic mass is 9.75. The number of carbonyl (C=O) groups is 2. The largest absolute Gasteiger partial charge is 0.494 e. The SMILES string of the molecule is CCCC(C)C(C)(C)CC(=O)N/N=C(\C)c1ccc(OCCCC(=O)C(C)CC)cc1. The second-order valence-corrected chi connectivity index (χ2v) is 9.34. The minimum atomic E-state index is -0.0563. The molecule has 0 radical (unpaired) electrons. The predicted octanol–water partition coefficient (Wildman–Crippen LogP) is 6.15. The van der Waals surface area contributed by atoms with Crippen molar-refractivity contribution in [2.75, 3.05) is 6.61 Å². The Balaban J connectivity index is 2.50. The van der Waals surface area contributed by atoms with Gasteiger partial charge in [-0.2, -0.15) is 5.10 Å². The summed E-state index contributed by atoms with van der Waals surface area (Å²) in [5.41, 5.74) is 4.32. The summed E-state index contributed by atoms with van der Waals surface area (Å²) in [4.78, 5) is 24.2. The molecule has 1 aromatic carbocycles. The Labute approximate surface area is 189 Å². The third kappa shape index (κ3) is 9.67. The Bertz CT molecular complexity index is 723. The van der Waals surface area contributed by atoms with Gasteiger partial charge in [0.15, 0.2) is 0 Å². The minimum absolute atomic E-state index is 0.0539. The molecular formula is C26H42N2O3. The summed E-state index contributed by atoms with van der Waals surface area (Å²) < 4.78 is 5.74. The molecule has 0 spiro atoms. The molecule has 31 heavy (non-hydrogen) atoms. The van der Waals surface area contributed by atoms with Gasteiger partial charge >= 0.3 is 0 Å². The standard InChI is InChI=1S/C26H42N2O3/c1-8-11-20(4)26(6,7)18-25(30)28-27-21(5)22-13-15-23(16-14-22)31-17-10-12-24(29)19(3)9-2/h13-16,19-20H,8-12,17-18H2,1-7H3,(H,28,30)/b27-21+. The quantitative estimate of drug-likeness (QED) is 0.218. The minimum Gasteiger partial charge on any atom is -0.494 e. The number of nitrogens with one attached hydrogen (secondary N) is 1. The van der Waals surface area contributed by atoms with Crippen molar-refractivity contribution in [1.29, 1.82) is 0 Å². The van der Waals surface area contributed by atoms with Crippen molar-refractivity contribution in [3.05, 3.63) is 29.8 Å². The Morgan fingerprint density at radius 3 is 2.35 bits per heavy atom. The number of ketones is 1. The summed E-state index contributed by atoms with van der Waals surface area (Å²) in [7, 11) is 0. The Hall–Kier alpha value is -2.17. The molecular weight excluding hydrogens is 388 g/mol. The molecule has 0 aliphatic heterocycles. The summed E-state index contributed by atoms with van der Waals surface area (Å²) in [6, 6.07) is 7.64. The molecule has 0 aliphatic rings. The summed E-state index contributed by atoms with van der Waals surface area (Å²) >= 11 is 0. The van der Waals surface area contributed by atoms with E-state index in [0.717, 1.165) is 42.7 Å². The van der Waals surface area contributed by atoms with Gasteiger partial charge in [-0.25, -0.2) is 5.43 Å². The van der Waals surface area contributed by atoms with Gasteiger partial charge in [-0.15, -0.1) is 0 Å². The van der Waals surface area contributed by atoms with E-state index >= 15 is 0 Å². The molecule has 1 N–H and O–H groups in total. The molecule has 174 valence electrons. The number of carbonyl (C=O) groups excluding carboxylic acids is 2. The highest BCUT2D eigenvalue weighted by molar-refractivity contribution is 5.99. The van der Waals surface area contributed by atoms with Gasteiger partial charge in [-0.1, -0.05) is 54.4 Å². The fourth-order valence-corrected chi connectivity index (χ4v) is 3.36. The Kier molecular flexibility index (Phi) is 11.5. The van der Waals surface area contributed by atoms with Crippen LogP contribution in [0.3, 0.4) is 0 Å². The molecule has 5 nitrogen and oxygen atoms in total. The van der Waals surface area contributed by atoms with E-state index in [9.17, 15) is 9.59 Å². The summed E-state index contributed by atoms with van der Waals surface area (Å²) in [6.45, 7) is 15.1. The zero-order valence-corrected chi connectivity index (χ0v) is 20.6. The van der Waals surface area contributed by atoms with Crippen molar-refractivity contribution in [2.45, 2.75) is 87.0 Å². The van der Waals surface area contributed by atoms with Crippen LogP contribution in [0.1, 0.15) is 92.6 Å². The summed E-state index contributed by atoms with van der Waals surface area (Å²) in [5.74, 6) is 1.63. The van der Waals surface area contributed by atoms with E-state index in [1.165, 1.54) is 0 Å². The van der Waals surface area contributed by atoms with Crippen molar-refractivity contribution in [3.63, 3.8) is 0 Å². The zero-order chi connectivity index (χ0) is 23.4. The monoisotopic (exact) mass is 430 g/mol. The van der Waals surface area contributed by atoms with Gasteiger partial charge in [0.2, 0.25) is 5.91 Å². The van der Waals surface area contributed by atoms with Crippen molar-refractivity contribution in [1.82, 2.24) is 5.43 Å². The maximum atomic E-state index is 12.4. The van der Waals surface area contributed by atoms with Crippen LogP contribution >= 0.6 is 0 Å². The number of nitrogens with zero attached hydrogens (tertiary/aromatic N) is 1. The predicted molar refractivity (Wildman–Crippen MR) is 128 cm³/mol. The number of rotatable bonds is 14. The van der Waals surface area contributed by atoms with Crippen LogP contribution in [-0.2, 0) is 9.59 Å². The summed E-state index contributed by atoms with van der Waals surface area (Å²) in [5, 5.41) is 4.27. The summed E-state index contributed by atoms with van der Waals surface area (Å²) in [6.07, 6.45) is 4.87. The fraction of sp³-hybridized carbons (Fsp3) is 0.654. The maximum absolute atomic E-state index is 12.4. The highest BCUT2D eigenvalue weighted by Gasteiger charge is 2.28. The molecule has 2 atom stereocenters. The molecule has 2 unspecified atom stereocenters. The number of hydrogen-bond acceptors (Lipinski definition) is 4. The first-order chi connectivity index (χ1) is 14.6. The highest BCUT2D eigenvalue weighted by Crippen LogP contribution is 2.33. The second-order valence-electron chi connectivity index (χ2n) is 9.34. The van der Waals surface area contributed by atoms with Crippen LogP contribution in [0.2, 0.25) is 0 Å². The molecule has 0 aliphatic carbocycles. The number of ether oxygens (including phenoxy) is 1. The number of Topliss-reactive ketones (excluding diaryl/α,β-unsaturated/α-hetero) is 1. The van der Waals surface area contributed by atoms with E-state index in [4.69, 9.17) is 4.74 Å². The number of hydrazone groups is 1. The van der Waals surface area contributed by atoms with E-state index in [0.29, 0.717) is 31.1 Å². The average molecular weight is 431 g/mol. The highest BCUT2D eigenvalue weighted by atomic mass is 16.5. The molecule has 0 fully saturated rings. The van der Waals surface area contributed by atoms with Gasteiger partial charge in [0.05, 0.1) is 12.3 Å². The molecule has 0 saturated carbocycles. The Morgan fingerprint density at radius 2 is 1.77 bits per heavy atom. The van der Waals surface area contributed by atoms with Gasteiger partial charge in [0.1, 0.15) is 11.5 Å². The van der Waals surface area contributed by atoms with Crippen LogP contribution in [0.25, 0.3) is 0 Å². The molecule has 0 bridgehead atoms. The number of benzene rings is 1. The third-order valence-electron chi connectivity index (χ3n) is 6.29. The first kappa shape index (κ1) is 26.9. The van der Waals surface area contributed by atoms with Gasteiger partial charge < -0.3 is 4.74 Å². The van der Waals surface area contributed by atoms with Gasteiger partial charge in [-0.05, 0) is 60.9 Å². The molecule has 0 saturated heterocycles. The number of hydrogen-bond donors (Lipinski definition) is 1. The first-order valence-electron chi connectivity index (χ1n) is 11.7. The molecule has 5 heteroatoms. The topological polar surface area (TPSA) is 67.8 Å². The van der Waals surface area contributed by atoms with Crippen molar-refractivity contribution < 1.29 is 14.3 Å².